The molecule has 1 aliphatic carbocycles. The van der Waals surface area contributed by atoms with Gasteiger partial charge in [-0.3, -0.25) is 0 Å². The Hall–Kier alpha value is 0.210. The van der Waals surface area contributed by atoms with Crippen molar-refractivity contribution in [3.63, 3.8) is 0 Å². The third-order valence-corrected chi connectivity index (χ3v) is 3.26. The van der Waals surface area contributed by atoms with Crippen molar-refractivity contribution >= 4 is 5.97 Å². The Morgan fingerprint density at radius 3 is 1.45 bits per heavy atom. The molecule has 0 radical (unpaired) electrons. The van der Waals surface area contributed by atoms with Crippen LogP contribution in [0.5, 0.6) is 0 Å². The summed E-state index contributed by atoms with van der Waals surface area (Å²) in [7, 11) is 0. The average Bonchev–Trinajstić information content (AvgIpc) is 1.97. The summed E-state index contributed by atoms with van der Waals surface area (Å²) < 4.78 is 0. The zero-order valence-electron chi connectivity index (χ0n) is 7.20. The molecule has 0 aliphatic heterocycles. The first-order chi connectivity index (χ1) is 4.32. The van der Waals surface area contributed by atoms with Gasteiger partial charge in [-0.25, -0.2) is 0 Å². The van der Waals surface area contributed by atoms with E-state index >= 15 is 0 Å². The Bertz CT molecular complexity index is 171. The van der Waals surface area contributed by atoms with E-state index in [1.807, 2.05) is 27.7 Å². The minimum atomic E-state index is -0.907. The summed E-state index contributed by atoms with van der Waals surface area (Å²) in [5, 5.41) is 10.5. The van der Waals surface area contributed by atoms with Gasteiger partial charge in [0.1, 0.15) is 0 Å². The molecule has 0 aromatic carbocycles. The number of hydrogen-bond acceptors (Lipinski definition) is 2. The van der Waals surface area contributed by atoms with Crippen molar-refractivity contribution in [2.75, 3.05) is 0 Å². The number of aliphatic carboxylic acids is 1. The molecule has 1 saturated carbocycles. The van der Waals surface area contributed by atoms with Gasteiger partial charge in [0.25, 0.3) is 0 Å². The van der Waals surface area contributed by atoms with E-state index in [0.29, 0.717) is 0 Å². The SMILES string of the molecule is CC1(C)C(C(=O)[O-])C1(C)C.[Ag+]. The second-order valence-electron chi connectivity index (χ2n) is 4.20. The number of hydrogen-bond donors (Lipinski definition) is 0. The van der Waals surface area contributed by atoms with E-state index in [-0.39, 0.29) is 39.1 Å². The minimum Gasteiger partial charge on any atom is -0.550 e. The van der Waals surface area contributed by atoms with Gasteiger partial charge >= 0.3 is 22.4 Å². The molecule has 0 spiro atoms. The summed E-state index contributed by atoms with van der Waals surface area (Å²) in [4.78, 5) is 10.5. The molecule has 3 heteroatoms. The number of rotatable bonds is 1. The van der Waals surface area contributed by atoms with Gasteiger partial charge in [-0.15, -0.1) is 0 Å². The van der Waals surface area contributed by atoms with E-state index in [1.54, 1.807) is 0 Å². The van der Waals surface area contributed by atoms with E-state index in [2.05, 4.69) is 0 Å². The van der Waals surface area contributed by atoms with Crippen molar-refractivity contribution in [3.05, 3.63) is 0 Å². The number of carbonyl (C=O) groups is 1. The van der Waals surface area contributed by atoms with Crippen molar-refractivity contribution < 1.29 is 32.3 Å². The van der Waals surface area contributed by atoms with E-state index in [9.17, 15) is 9.90 Å². The van der Waals surface area contributed by atoms with Crippen LogP contribution in [-0.2, 0) is 27.2 Å². The van der Waals surface area contributed by atoms with Gasteiger partial charge < -0.3 is 9.90 Å². The molecule has 2 nitrogen and oxygen atoms in total. The van der Waals surface area contributed by atoms with Crippen LogP contribution >= 0.6 is 0 Å². The number of carboxylic acid groups (broad SMARTS) is 1. The Balaban J connectivity index is 0.000001000. The standard InChI is InChI=1S/C8H14O2.Ag/c1-7(2)5(6(9)10)8(7,3)4;/h5H,1-4H3,(H,9,10);/q;+1/p-1. The van der Waals surface area contributed by atoms with Gasteiger partial charge in [-0.1, -0.05) is 27.7 Å². The van der Waals surface area contributed by atoms with Crippen LogP contribution in [0.2, 0.25) is 0 Å². The molecule has 1 aliphatic rings. The third kappa shape index (κ3) is 1.28. The fourth-order valence-electron chi connectivity index (χ4n) is 1.79. The maximum atomic E-state index is 10.5. The smallest absolute Gasteiger partial charge is 0.550 e. The maximum absolute atomic E-state index is 10.5. The fourth-order valence-corrected chi connectivity index (χ4v) is 1.79. The topological polar surface area (TPSA) is 40.1 Å². The largest absolute Gasteiger partial charge is 1.00 e. The molecule has 0 saturated heterocycles. The van der Waals surface area contributed by atoms with Crippen molar-refractivity contribution in [3.8, 4) is 0 Å². The molecule has 0 bridgehead atoms. The van der Waals surface area contributed by atoms with Crippen molar-refractivity contribution in [2.45, 2.75) is 27.7 Å². The van der Waals surface area contributed by atoms with E-state index in [0.717, 1.165) is 0 Å². The van der Waals surface area contributed by atoms with Gasteiger partial charge in [0, 0.05) is 11.9 Å². The Morgan fingerprint density at radius 1 is 1.18 bits per heavy atom. The predicted octanol–water partition coefficient (Wildman–Crippen LogP) is 0.416. The van der Waals surface area contributed by atoms with Crippen LogP contribution in [0.1, 0.15) is 27.7 Å². The van der Waals surface area contributed by atoms with Gasteiger partial charge in [0.2, 0.25) is 0 Å². The van der Waals surface area contributed by atoms with Gasteiger partial charge in [-0.2, -0.15) is 0 Å². The third-order valence-electron chi connectivity index (χ3n) is 3.26. The maximum Gasteiger partial charge on any atom is 1.00 e. The predicted molar refractivity (Wildman–Crippen MR) is 36.1 cm³/mol. The summed E-state index contributed by atoms with van der Waals surface area (Å²) in [5.41, 5.74) is -0.155. The van der Waals surface area contributed by atoms with Crippen LogP contribution in [0, 0.1) is 16.7 Å². The first kappa shape index (κ1) is 11.2. The zero-order valence-corrected chi connectivity index (χ0v) is 8.68. The van der Waals surface area contributed by atoms with Crippen molar-refractivity contribution in [1.29, 1.82) is 0 Å². The summed E-state index contributed by atoms with van der Waals surface area (Å²) >= 11 is 0. The summed E-state index contributed by atoms with van der Waals surface area (Å²) in [6, 6.07) is 0. The minimum absolute atomic E-state index is 0. The molecular formula is C8H13AgO2. The first-order valence-electron chi connectivity index (χ1n) is 3.52. The number of carbonyl (C=O) groups excluding carboxylic acids is 1. The normalized spacial score (nSPS) is 25.5. The molecular weight excluding hydrogens is 236 g/mol. The van der Waals surface area contributed by atoms with Crippen LogP contribution in [0.4, 0.5) is 0 Å². The summed E-state index contributed by atoms with van der Waals surface area (Å²) in [6.45, 7) is 7.86. The van der Waals surface area contributed by atoms with Crippen LogP contribution in [-0.4, -0.2) is 5.97 Å². The van der Waals surface area contributed by atoms with Gasteiger partial charge in [0.05, 0.1) is 0 Å². The summed E-state index contributed by atoms with van der Waals surface area (Å²) in [5.74, 6) is -1.17. The molecule has 0 heterocycles. The molecule has 0 aromatic rings. The van der Waals surface area contributed by atoms with Gasteiger partial charge in [-0.05, 0) is 10.8 Å². The molecule has 0 amide bonds. The molecule has 1 fully saturated rings. The summed E-state index contributed by atoms with van der Waals surface area (Å²) in [6.07, 6.45) is 0. The van der Waals surface area contributed by atoms with E-state index in [4.69, 9.17) is 0 Å². The van der Waals surface area contributed by atoms with Crippen LogP contribution in [0.15, 0.2) is 0 Å². The number of carboxylic acids is 1. The molecule has 68 valence electrons. The zero-order chi connectivity index (χ0) is 8.15. The quantitative estimate of drug-likeness (QED) is 0.632. The Kier molecular flexibility index (Phi) is 2.66. The molecule has 11 heavy (non-hydrogen) atoms. The average molecular weight is 249 g/mol. The van der Waals surface area contributed by atoms with Crippen LogP contribution in [0.25, 0.3) is 0 Å². The second-order valence-corrected chi connectivity index (χ2v) is 4.20. The van der Waals surface area contributed by atoms with Crippen LogP contribution in [0.3, 0.4) is 0 Å². The Morgan fingerprint density at radius 2 is 1.45 bits per heavy atom. The molecule has 0 unspecified atom stereocenters. The molecule has 0 atom stereocenters. The van der Waals surface area contributed by atoms with E-state index < -0.39 is 5.97 Å². The Labute approximate surface area is 82.9 Å². The monoisotopic (exact) mass is 248 g/mol. The van der Waals surface area contributed by atoms with Crippen molar-refractivity contribution in [1.82, 2.24) is 0 Å². The van der Waals surface area contributed by atoms with Crippen molar-refractivity contribution in [2.24, 2.45) is 16.7 Å². The second kappa shape index (κ2) is 2.61. The van der Waals surface area contributed by atoms with Crippen LogP contribution < -0.4 is 5.11 Å². The van der Waals surface area contributed by atoms with E-state index in [1.165, 1.54) is 0 Å². The molecule has 0 aromatic heterocycles. The molecule has 1 rings (SSSR count). The first-order valence-corrected chi connectivity index (χ1v) is 3.52. The van der Waals surface area contributed by atoms with Gasteiger partial charge in [0.15, 0.2) is 0 Å². The fraction of sp³-hybridized carbons (Fsp3) is 0.875. The molecule has 0 N–H and O–H groups in total.